The molecule has 1 heterocycles. The zero-order chi connectivity index (χ0) is 9.97. The molecule has 0 amide bonds. The van der Waals surface area contributed by atoms with Crippen LogP contribution in [0.1, 0.15) is 5.56 Å². The molecule has 0 bridgehead atoms. The first-order valence-electron chi connectivity index (χ1n) is 3.77. The molecule has 4 nitrogen and oxygen atoms in total. The van der Waals surface area contributed by atoms with E-state index in [1.165, 1.54) is 6.39 Å². The second kappa shape index (κ2) is 3.48. The van der Waals surface area contributed by atoms with E-state index in [4.69, 9.17) is 21.3 Å². The van der Waals surface area contributed by atoms with Crippen molar-refractivity contribution in [1.82, 2.24) is 10.2 Å². The number of hydrogen-bond donors (Lipinski definition) is 0. The van der Waals surface area contributed by atoms with Crippen LogP contribution in [0.3, 0.4) is 0 Å². The van der Waals surface area contributed by atoms with E-state index < -0.39 is 0 Å². The summed E-state index contributed by atoms with van der Waals surface area (Å²) in [7, 11) is 0. The van der Waals surface area contributed by atoms with Crippen molar-refractivity contribution >= 4 is 11.6 Å². The van der Waals surface area contributed by atoms with Crippen LogP contribution < -0.4 is 0 Å². The first kappa shape index (κ1) is 8.73. The second-order valence-electron chi connectivity index (χ2n) is 2.55. The highest BCUT2D eigenvalue weighted by atomic mass is 35.5. The summed E-state index contributed by atoms with van der Waals surface area (Å²) in [6, 6.07) is 6.87. The third-order valence-corrected chi connectivity index (χ3v) is 2.00. The van der Waals surface area contributed by atoms with Crippen LogP contribution in [0, 0.1) is 11.3 Å². The molecule has 0 fully saturated rings. The largest absolute Gasteiger partial charge is 0.423 e. The van der Waals surface area contributed by atoms with Crippen molar-refractivity contribution in [2.75, 3.05) is 0 Å². The summed E-state index contributed by atoms with van der Waals surface area (Å²) in [5, 5.41) is 16.3. The Morgan fingerprint density at radius 3 is 2.86 bits per heavy atom. The van der Waals surface area contributed by atoms with Gasteiger partial charge in [-0.3, -0.25) is 0 Å². The van der Waals surface area contributed by atoms with Gasteiger partial charge in [-0.25, -0.2) is 0 Å². The predicted molar refractivity (Wildman–Crippen MR) is 49.5 cm³/mol. The fourth-order valence-electron chi connectivity index (χ4n) is 1.05. The number of aromatic nitrogens is 2. The molecule has 0 aliphatic rings. The van der Waals surface area contributed by atoms with Crippen molar-refractivity contribution in [3.05, 3.63) is 35.2 Å². The molecule has 0 saturated carbocycles. The molecular weight excluding hydrogens is 202 g/mol. The lowest BCUT2D eigenvalue weighted by Gasteiger charge is -1.97. The zero-order valence-corrected chi connectivity index (χ0v) is 7.69. The number of nitrogens with zero attached hydrogens (tertiary/aromatic N) is 3. The molecular formula is C9H4ClN3O. The summed E-state index contributed by atoms with van der Waals surface area (Å²) in [5.41, 5.74) is 1.13. The fraction of sp³-hybridized carbons (Fsp3) is 0. The lowest BCUT2D eigenvalue weighted by Crippen LogP contribution is -1.82. The highest BCUT2D eigenvalue weighted by molar-refractivity contribution is 6.33. The van der Waals surface area contributed by atoms with E-state index in [-0.39, 0.29) is 0 Å². The Bertz CT molecular complexity index is 487. The van der Waals surface area contributed by atoms with Crippen molar-refractivity contribution in [3.8, 4) is 17.5 Å². The maximum Gasteiger partial charge on any atom is 0.248 e. The normalized spacial score (nSPS) is 9.71. The highest BCUT2D eigenvalue weighted by Gasteiger charge is 2.08. The van der Waals surface area contributed by atoms with Gasteiger partial charge >= 0.3 is 0 Å². The number of halogens is 1. The summed E-state index contributed by atoms with van der Waals surface area (Å²) in [6.07, 6.45) is 1.23. The van der Waals surface area contributed by atoms with Gasteiger partial charge < -0.3 is 4.42 Å². The molecule has 2 rings (SSSR count). The van der Waals surface area contributed by atoms with E-state index in [1.807, 2.05) is 6.07 Å². The van der Waals surface area contributed by atoms with Crippen molar-refractivity contribution in [2.24, 2.45) is 0 Å². The predicted octanol–water partition coefficient (Wildman–Crippen LogP) is 2.26. The Labute approximate surface area is 84.8 Å². The molecule has 0 radical (unpaired) electrons. The van der Waals surface area contributed by atoms with Gasteiger partial charge in [-0.15, -0.1) is 10.2 Å². The maximum absolute atomic E-state index is 8.62. The Hall–Kier alpha value is -1.86. The topological polar surface area (TPSA) is 62.7 Å². The minimum Gasteiger partial charge on any atom is -0.423 e. The molecule has 5 heteroatoms. The van der Waals surface area contributed by atoms with Gasteiger partial charge in [-0.1, -0.05) is 11.6 Å². The first-order chi connectivity index (χ1) is 6.81. The molecule has 0 aliphatic carbocycles. The summed E-state index contributed by atoms with van der Waals surface area (Å²) < 4.78 is 4.98. The molecule has 0 saturated heterocycles. The molecule has 0 atom stereocenters. The molecule has 1 aromatic heterocycles. The Morgan fingerprint density at radius 2 is 2.29 bits per heavy atom. The van der Waals surface area contributed by atoms with Gasteiger partial charge in [0, 0.05) is 0 Å². The van der Waals surface area contributed by atoms with E-state index >= 15 is 0 Å². The van der Waals surface area contributed by atoms with Crippen LogP contribution in [0.2, 0.25) is 5.02 Å². The van der Waals surface area contributed by atoms with Crippen LogP contribution in [0.5, 0.6) is 0 Å². The number of rotatable bonds is 1. The third kappa shape index (κ3) is 1.45. The maximum atomic E-state index is 8.62. The van der Waals surface area contributed by atoms with E-state index in [0.717, 1.165) is 0 Å². The second-order valence-corrected chi connectivity index (χ2v) is 2.96. The van der Waals surface area contributed by atoms with E-state index in [2.05, 4.69) is 10.2 Å². The summed E-state index contributed by atoms with van der Waals surface area (Å²) in [6.45, 7) is 0. The van der Waals surface area contributed by atoms with Crippen LogP contribution in [0.15, 0.2) is 29.0 Å². The lowest BCUT2D eigenvalue weighted by molar-refractivity contribution is 0.568. The van der Waals surface area contributed by atoms with Gasteiger partial charge in [0.15, 0.2) is 0 Å². The van der Waals surface area contributed by atoms with E-state index in [1.54, 1.807) is 18.2 Å². The third-order valence-electron chi connectivity index (χ3n) is 1.69. The van der Waals surface area contributed by atoms with Gasteiger partial charge in [0.25, 0.3) is 0 Å². The van der Waals surface area contributed by atoms with Gasteiger partial charge in [-0.05, 0) is 18.2 Å². The number of benzene rings is 1. The van der Waals surface area contributed by atoms with Gasteiger partial charge in [-0.2, -0.15) is 5.26 Å². The lowest BCUT2D eigenvalue weighted by atomic mass is 10.1. The summed E-state index contributed by atoms with van der Waals surface area (Å²) in [4.78, 5) is 0. The molecule has 0 aliphatic heterocycles. The van der Waals surface area contributed by atoms with Gasteiger partial charge in [0.1, 0.15) is 0 Å². The molecule has 1 aromatic carbocycles. The Balaban J connectivity index is 2.52. The zero-order valence-electron chi connectivity index (χ0n) is 6.94. The van der Waals surface area contributed by atoms with E-state index in [9.17, 15) is 0 Å². The standard InChI is InChI=1S/C9H4ClN3O/c10-8-3-6(4-11)1-2-7(8)9-13-12-5-14-9/h1-3,5H. The summed E-state index contributed by atoms with van der Waals surface area (Å²) in [5.74, 6) is 0.347. The van der Waals surface area contributed by atoms with Gasteiger partial charge in [0.05, 0.1) is 22.2 Å². The minimum atomic E-state index is 0.347. The first-order valence-corrected chi connectivity index (χ1v) is 4.15. The molecule has 0 unspecified atom stereocenters. The van der Waals surface area contributed by atoms with Crippen LogP contribution in [-0.4, -0.2) is 10.2 Å². The number of hydrogen-bond acceptors (Lipinski definition) is 4. The quantitative estimate of drug-likeness (QED) is 0.717. The monoisotopic (exact) mass is 205 g/mol. The molecule has 2 aromatic rings. The number of nitriles is 1. The Kier molecular flexibility index (Phi) is 2.17. The SMILES string of the molecule is N#Cc1ccc(-c2nnco2)c(Cl)c1. The van der Waals surface area contributed by atoms with Crippen LogP contribution in [-0.2, 0) is 0 Å². The molecule has 68 valence electrons. The average molecular weight is 206 g/mol. The van der Waals surface area contributed by atoms with Crippen LogP contribution >= 0.6 is 11.6 Å². The Morgan fingerprint density at radius 1 is 1.43 bits per heavy atom. The van der Waals surface area contributed by atoms with Gasteiger partial charge in [0.2, 0.25) is 12.3 Å². The molecule has 0 N–H and O–H groups in total. The fourth-order valence-corrected chi connectivity index (χ4v) is 1.31. The minimum absolute atomic E-state index is 0.347. The molecule has 14 heavy (non-hydrogen) atoms. The summed E-state index contributed by atoms with van der Waals surface area (Å²) >= 11 is 5.92. The van der Waals surface area contributed by atoms with Crippen molar-refractivity contribution < 1.29 is 4.42 Å². The van der Waals surface area contributed by atoms with Crippen molar-refractivity contribution in [1.29, 1.82) is 5.26 Å². The van der Waals surface area contributed by atoms with Crippen molar-refractivity contribution in [3.63, 3.8) is 0 Å². The van der Waals surface area contributed by atoms with Crippen LogP contribution in [0.4, 0.5) is 0 Å². The van der Waals surface area contributed by atoms with Crippen molar-refractivity contribution in [2.45, 2.75) is 0 Å². The van der Waals surface area contributed by atoms with E-state index in [0.29, 0.717) is 22.0 Å². The smallest absolute Gasteiger partial charge is 0.248 e. The van der Waals surface area contributed by atoms with Crippen LogP contribution in [0.25, 0.3) is 11.5 Å². The molecule has 0 spiro atoms. The highest BCUT2D eigenvalue weighted by Crippen LogP contribution is 2.26. The average Bonchev–Trinajstić information content (AvgIpc) is 2.70.